The van der Waals surface area contributed by atoms with Crippen LogP contribution in [-0.2, 0) is 12.0 Å². The predicted octanol–water partition coefficient (Wildman–Crippen LogP) is 3.15. The highest BCUT2D eigenvalue weighted by Crippen LogP contribution is 2.49. The van der Waals surface area contributed by atoms with E-state index in [1.807, 2.05) is 0 Å². The summed E-state index contributed by atoms with van der Waals surface area (Å²) < 4.78 is 38.7. The maximum absolute atomic E-state index is 12.7. The van der Waals surface area contributed by atoms with Gasteiger partial charge in [-0.1, -0.05) is 28.1 Å². The minimum Gasteiger partial charge on any atom is -0.376 e. The molecule has 0 radical (unpaired) electrons. The van der Waals surface area contributed by atoms with Crippen LogP contribution < -0.4 is 0 Å². The smallest absolute Gasteiger partial charge is 0.376 e. The Morgan fingerprint density at radius 2 is 2.00 bits per heavy atom. The second-order valence-electron chi connectivity index (χ2n) is 3.62. The number of hydrogen-bond donors (Lipinski definition) is 1. The lowest BCUT2D eigenvalue weighted by Gasteiger charge is -2.26. The molecule has 0 spiro atoms. The minimum atomic E-state index is -4.61. The van der Waals surface area contributed by atoms with Crippen molar-refractivity contribution < 1.29 is 18.3 Å². The quantitative estimate of drug-likeness (QED) is 0.774. The Labute approximate surface area is 93.0 Å². The third-order valence-corrected chi connectivity index (χ3v) is 3.51. The van der Waals surface area contributed by atoms with Gasteiger partial charge in [0.05, 0.1) is 0 Å². The normalized spacial score (nSPS) is 25.4. The largest absolute Gasteiger partial charge is 0.421 e. The third-order valence-electron chi connectivity index (χ3n) is 2.77. The number of aliphatic hydroxyl groups is 1. The maximum atomic E-state index is 12.7. The first-order chi connectivity index (χ1) is 6.86. The van der Waals surface area contributed by atoms with Gasteiger partial charge >= 0.3 is 6.18 Å². The van der Waals surface area contributed by atoms with Crippen LogP contribution in [0.3, 0.4) is 0 Å². The first-order valence-electron chi connectivity index (χ1n) is 4.43. The molecule has 1 aliphatic rings. The monoisotopic (exact) mass is 280 g/mol. The van der Waals surface area contributed by atoms with E-state index in [1.54, 1.807) is 6.07 Å². The van der Waals surface area contributed by atoms with E-state index in [0.717, 1.165) is 0 Å². The molecule has 1 aliphatic carbocycles. The van der Waals surface area contributed by atoms with Crippen LogP contribution in [0.2, 0.25) is 0 Å². The molecular formula is C10H8BrF3O. The topological polar surface area (TPSA) is 20.2 Å². The number of alkyl halides is 3. The fourth-order valence-electron chi connectivity index (χ4n) is 1.94. The molecule has 0 fully saturated rings. The molecule has 1 unspecified atom stereocenters. The standard InChI is InChI=1S/C10H8BrF3O/c11-8-3-1-2-7-6(8)4-5-9(7,15)10(12,13)14/h1-3,15H,4-5H2. The first kappa shape index (κ1) is 11.0. The number of rotatable bonds is 0. The van der Waals surface area contributed by atoms with Crippen LogP contribution in [0.25, 0.3) is 0 Å². The summed E-state index contributed by atoms with van der Waals surface area (Å²) in [5, 5.41) is 9.66. The van der Waals surface area contributed by atoms with Gasteiger partial charge in [0.1, 0.15) is 0 Å². The molecule has 1 aromatic carbocycles. The Bertz CT molecular complexity index is 402. The van der Waals surface area contributed by atoms with Crippen LogP contribution in [-0.4, -0.2) is 11.3 Å². The van der Waals surface area contributed by atoms with Gasteiger partial charge in [-0.05, 0) is 30.0 Å². The summed E-state index contributed by atoms with van der Waals surface area (Å²) in [6.07, 6.45) is -4.67. The van der Waals surface area contributed by atoms with E-state index in [0.29, 0.717) is 10.0 Å². The Hall–Kier alpha value is -0.550. The van der Waals surface area contributed by atoms with Crippen LogP contribution in [0.5, 0.6) is 0 Å². The van der Waals surface area contributed by atoms with Crippen molar-refractivity contribution in [3.8, 4) is 0 Å². The van der Waals surface area contributed by atoms with Crippen molar-refractivity contribution >= 4 is 15.9 Å². The number of hydrogen-bond acceptors (Lipinski definition) is 1. The molecule has 0 bridgehead atoms. The Balaban J connectivity index is 2.58. The molecule has 15 heavy (non-hydrogen) atoms. The summed E-state index contributed by atoms with van der Waals surface area (Å²) in [7, 11) is 0. The zero-order chi connectivity index (χ0) is 11.3. The van der Waals surface area contributed by atoms with Crippen LogP contribution in [0.15, 0.2) is 22.7 Å². The van der Waals surface area contributed by atoms with E-state index in [-0.39, 0.29) is 18.4 Å². The summed E-state index contributed by atoms with van der Waals surface area (Å²) in [6, 6.07) is 4.52. The fraction of sp³-hybridized carbons (Fsp3) is 0.400. The van der Waals surface area contributed by atoms with Crippen molar-refractivity contribution in [2.45, 2.75) is 24.6 Å². The van der Waals surface area contributed by atoms with Crippen LogP contribution in [0, 0.1) is 0 Å². The molecule has 82 valence electrons. The zero-order valence-corrected chi connectivity index (χ0v) is 9.19. The fourth-order valence-corrected chi connectivity index (χ4v) is 2.50. The summed E-state index contributed by atoms with van der Waals surface area (Å²) in [5.74, 6) is 0. The number of halogens is 4. The molecule has 1 nitrogen and oxygen atoms in total. The molecule has 0 saturated carbocycles. The Kier molecular flexibility index (Phi) is 2.35. The second kappa shape index (κ2) is 3.22. The summed E-state index contributed by atoms with van der Waals surface area (Å²) in [5.41, 5.74) is -2.15. The lowest BCUT2D eigenvalue weighted by Crippen LogP contribution is -2.40. The molecule has 1 atom stereocenters. The van der Waals surface area contributed by atoms with Gasteiger partial charge in [0.15, 0.2) is 5.60 Å². The molecule has 0 saturated heterocycles. The van der Waals surface area contributed by atoms with Crippen LogP contribution >= 0.6 is 15.9 Å². The van der Waals surface area contributed by atoms with Gasteiger partial charge in [-0.2, -0.15) is 13.2 Å². The van der Waals surface area contributed by atoms with E-state index in [1.165, 1.54) is 12.1 Å². The summed E-state index contributed by atoms with van der Waals surface area (Å²) >= 11 is 3.19. The van der Waals surface area contributed by atoms with E-state index < -0.39 is 11.8 Å². The van der Waals surface area contributed by atoms with Gasteiger partial charge in [0.25, 0.3) is 0 Å². The lowest BCUT2D eigenvalue weighted by atomic mass is 9.95. The minimum absolute atomic E-state index is 0.0237. The predicted molar refractivity (Wildman–Crippen MR) is 52.4 cm³/mol. The molecule has 0 aliphatic heterocycles. The van der Waals surface area contributed by atoms with E-state index in [4.69, 9.17) is 0 Å². The lowest BCUT2D eigenvalue weighted by molar-refractivity contribution is -0.265. The van der Waals surface area contributed by atoms with Crippen molar-refractivity contribution in [3.05, 3.63) is 33.8 Å². The van der Waals surface area contributed by atoms with Gasteiger partial charge in [-0.3, -0.25) is 0 Å². The van der Waals surface area contributed by atoms with Crippen molar-refractivity contribution in [2.75, 3.05) is 0 Å². The van der Waals surface area contributed by atoms with Gasteiger partial charge in [0, 0.05) is 4.47 Å². The van der Waals surface area contributed by atoms with E-state index in [2.05, 4.69) is 15.9 Å². The highest BCUT2D eigenvalue weighted by Gasteiger charge is 2.57. The van der Waals surface area contributed by atoms with E-state index in [9.17, 15) is 18.3 Å². The SMILES string of the molecule is OC1(C(F)(F)F)CCc2c(Br)cccc21. The first-order valence-corrected chi connectivity index (χ1v) is 5.22. The van der Waals surface area contributed by atoms with Crippen molar-refractivity contribution in [2.24, 2.45) is 0 Å². The number of fused-ring (bicyclic) bond motifs is 1. The van der Waals surface area contributed by atoms with Crippen molar-refractivity contribution in [1.82, 2.24) is 0 Å². The average molecular weight is 281 g/mol. The molecule has 0 amide bonds. The van der Waals surface area contributed by atoms with Gasteiger partial charge in [-0.25, -0.2) is 0 Å². The Morgan fingerprint density at radius 1 is 1.33 bits per heavy atom. The molecule has 0 heterocycles. The molecule has 0 aromatic heterocycles. The molecule has 2 rings (SSSR count). The second-order valence-corrected chi connectivity index (χ2v) is 4.48. The molecule has 1 aromatic rings. The van der Waals surface area contributed by atoms with Gasteiger partial charge in [0.2, 0.25) is 0 Å². The summed E-state index contributed by atoms with van der Waals surface area (Å²) in [6.45, 7) is 0. The van der Waals surface area contributed by atoms with Crippen LogP contribution in [0.1, 0.15) is 17.5 Å². The highest BCUT2D eigenvalue weighted by atomic mass is 79.9. The number of benzene rings is 1. The van der Waals surface area contributed by atoms with Crippen molar-refractivity contribution in [3.63, 3.8) is 0 Å². The van der Waals surface area contributed by atoms with Gasteiger partial charge < -0.3 is 5.11 Å². The zero-order valence-electron chi connectivity index (χ0n) is 7.61. The summed E-state index contributed by atoms with van der Waals surface area (Å²) in [4.78, 5) is 0. The molecular weight excluding hydrogens is 273 g/mol. The van der Waals surface area contributed by atoms with Gasteiger partial charge in [-0.15, -0.1) is 0 Å². The van der Waals surface area contributed by atoms with Crippen molar-refractivity contribution in [1.29, 1.82) is 0 Å². The van der Waals surface area contributed by atoms with E-state index >= 15 is 0 Å². The maximum Gasteiger partial charge on any atom is 0.421 e. The molecule has 1 N–H and O–H groups in total. The Morgan fingerprint density at radius 3 is 2.60 bits per heavy atom. The average Bonchev–Trinajstić information content (AvgIpc) is 2.46. The molecule has 5 heteroatoms. The third kappa shape index (κ3) is 1.49. The highest BCUT2D eigenvalue weighted by molar-refractivity contribution is 9.10. The van der Waals surface area contributed by atoms with Crippen LogP contribution in [0.4, 0.5) is 13.2 Å².